The van der Waals surface area contributed by atoms with Crippen LogP contribution in [0.15, 0.2) is 18.5 Å². The molecule has 0 saturated heterocycles. The van der Waals surface area contributed by atoms with Gasteiger partial charge in [-0.25, -0.2) is 4.98 Å². The molecule has 1 unspecified atom stereocenters. The van der Waals surface area contributed by atoms with E-state index in [4.69, 9.17) is 0 Å². The zero-order valence-electron chi connectivity index (χ0n) is 11.7. The van der Waals surface area contributed by atoms with Crippen molar-refractivity contribution in [3.8, 4) is 0 Å². The monoisotopic (exact) mass is 276 g/mol. The van der Waals surface area contributed by atoms with Gasteiger partial charge in [0.15, 0.2) is 0 Å². The van der Waals surface area contributed by atoms with Crippen molar-refractivity contribution < 1.29 is 0 Å². The van der Waals surface area contributed by atoms with Crippen molar-refractivity contribution in [3.05, 3.63) is 39.6 Å². The lowest BCUT2D eigenvalue weighted by Crippen LogP contribution is -2.24. The van der Waals surface area contributed by atoms with E-state index in [9.17, 15) is 0 Å². The van der Waals surface area contributed by atoms with Gasteiger partial charge in [0.25, 0.3) is 0 Å². The van der Waals surface area contributed by atoms with Gasteiger partial charge in [-0.15, -0.1) is 11.3 Å². The van der Waals surface area contributed by atoms with Crippen LogP contribution in [0.5, 0.6) is 0 Å². The minimum Gasteiger partial charge on any atom is -0.310 e. The van der Waals surface area contributed by atoms with E-state index in [-0.39, 0.29) is 6.04 Å². The Bertz CT molecular complexity index is 490. The molecule has 0 aromatic carbocycles. The van der Waals surface area contributed by atoms with Crippen LogP contribution in [0, 0.1) is 13.8 Å². The molecule has 0 spiro atoms. The Hall–Kier alpha value is -1.33. The Morgan fingerprint density at radius 2 is 2.16 bits per heavy atom. The lowest BCUT2D eigenvalue weighted by molar-refractivity contribution is 0.525. The molecule has 2 aromatic rings. The molecule has 0 bridgehead atoms. The van der Waals surface area contributed by atoms with Crippen LogP contribution in [0.4, 0.5) is 0 Å². The highest BCUT2D eigenvalue weighted by atomic mass is 32.1. The van der Waals surface area contributed by atoms with Crippen molar-refractivity contribution in [2.75, 3.05) is 6.54 Å². The van der Waals surface area contributed by atoms with Crippen molar-refractivity contribution in [2.24, 2.45) is 0 Å². The largest absolute Gasteiger partial charge is 0.310 e. The van der Waals surface area contributed by atoms with Gasteiger partial charge < -0.3 is 5.32 Å². The predicted octanol–water partition coefficient (Wildman–Crippen LogP) is 2.83. The fourth-order valence-electron chi connectivity index (χ4n) is 1.93. The molecule has 0 aliphatic rings. The summed E-state index contributed by atoms with van der Waals surface area (Å²) < 4.78 is 0. The van der Waals surface area contributed by atoms with E-state index in [1.807, 2.05) is 12.3 Å². The number of thiazole rings is 1. The van der Waals surface area contributed by atoms with Gasteiger partial charge in [0.05, 0.1) is 16.9 Å². The van der Waals surface area contributed by atoms with Crippen LogP contribution in [0.3, 0.4) is 0 Å². The summed E-state index contributed by atoms with van der Waals surface area (Å²) in [6.07, 6.45) is 5.60. The number of hydrogen-bond acceptors (Lipinski definition) is 5. The number of aromatic nitrogens is 3. The first-order valence-electron chi connectivity index (χ1n) is 6.63. The van der Waals surface area contributed by atoms with E-state index in [1.165, 1.54) is 15.4 Å². The maximum Gasteiger partial charge on any atom is 0.0949 e. The average molecular weight is 276 g/mol. The number of hydrogen-bond donors (Lipinski definition) is 1. The van der Waals surface area contributed by atoms with Crippen molar-refractivity contribution in [3.63, 3.8) is 0 Å². The Kier molecular flexibility index (Phi) is 4.99. The number of aryl methyl sites for hydroxylation is 2. The zero-order chi connectivity index (χ0) is 13.7. The molecular weight excluding hydrogens is 256 g/mol. The molecule has 19 heavy (non-hydrogen) atoms. The van der Waals surface area contributed by atoms with E-state index in [0.29, 0.717) is 0 Å². The molecule has 0 radical (unpaired) electrons. The molecule has 1 N–H and O–H groups in total. The van der Waals surface area contributed by atoms with Crippen LogP contribution in [-0.4, -0.2) is 21.7 Å². The van der Waals surface area contributed by atoms with Crippen molar-refractivity contribution in [1.29, 1.82) is 0 Å². The lowest BCUT2D eigenvalue weighted by atomic mass is 10.1. The Morgan fingerprint density at radius 1 is 1.32 bits per heavy atom. The second-order valence-corrected chi connectivity index (χ2v) is 5.92. The third kappa shape index (κ3) is 3.81. The number of nitrogens with zero attached hydrogens (tertiary/aromatic N) is 3. The van der Waals surface area contributed by atoms with E-state index in [2.05, 4.69) is 41.3 Å². The summed E-state index contributed by atoms with van der Waals surface area (Å²) in [5.41, 5.74) is 2.32. The van der Waals surface area contributed by atoms with Crippen molar-refractivity contribution >= 4 is 11.3 Å². The van der Waals surface area contributed by atoms with Crippen LogP contribution < -0.4 is 5.32 Å². The normalized spacial score (nSPS) is 12.6. The smallest absolute Gasteiger partial charge is 0.0949 e. The van der Waals surface area contributed by atoms with Gasteiger partial charge >= 0.3 is 0 Å². The Balaban J connectivity index is 2.14. The van der Waals surface area contributed by atoms with Crippen LogP contribution in [0.25, 0.3) is 0 Å². The minimum atomic E-state index is 0.264. The lowest BCUT2D eigenvalue weighted by Gasteiger charge is -2.17. The summed E-state index contributed by atoms with van der Waals surface area (Å²) in [6, 6.07) is 2.29. The van der Waals surface area contributed by atoms with E-state index in [1.54, 1.807) is 17.5 Å². The van der Waals surface area contributed by atoms with Gasteiger partial charge in [0.1, 0.15) is 0 Å². The molecule has 0 aliphatic carbocycles. The van der Waals surface area contributed by atoms with Crippen LogP contribution >= 0.6 is 11.3 Å². The van der Waals surface area contributed by atoms with Gasteiger partial charge in [-0.2, -0.15) is 10.2 Å². The third-order valence-electron chi connectivity index (χ3n) is 3.10. The van der Waals surface area contributed by atoms with Crippen LogP contribution in [0.1, 0.15) is 40.5 Å². The summed E-state index contributed by atoms with van der Waals surface area (Å²) in [4.78, 5) is 5.93. The molecule has 0 saturated carbocycles. The molecule has 0 amide bonds. The predicted molar refractivity (Wildman–Crippen MR) is 78.4 cm³/mol. The molecule has 2 aromatic heterocycles. The highest BCUT2D eigenvalue weighted by molar-refractivity contribution is 7.11. The first-order chi connectivity index (χ1) is 9.20. The molecule has 2 rings (SSSR count). The summed E-state index contributed by atoms with van der Waals surface area (Å²) in [6.45, 7) is 7.36. The molecule has 0 fully saturated rings. The standard InChI is InChI=1S/C14H20N4S/c1-4-6-15-13(12-5-7-16-17-9-12)8-14-18-10(2)11(3)19-14/h5,7,9,13,15H,4,6,8H2,1-3H3. The zero-order valence-corrected chi connectivity index (χ0v) is 12.5. The molecular formula is C14H20N4S. The maximum atomic E-state index is 4.63. The van der Waals surface area contributed by atoms with Crippen molar-refractivity contribution in [2.45, 2.75) is 39.7 Å². The van der Waals surface area contributed by atoms with E-state index in [0.717, 1.165) is 25.1 Å². The highest BCUT2D eigenvalue weighted by Crippen LogP contribution is 2.23. The van der Waals surface area contributed by atoms with Crippen LogP contribution in [-0.2, 0) is 6.42 Å². The molecule has 0 aliphatic heterocycles. The summed E-state index contributed by atoms with van der Waals surface area (Å²) in [7, 11) is 0. The van der Waals surface area contributed by atoms with Gasteiger partial charge in [-0.05, 0) is 38.4 Å². The first-order valence-corrected chi connectivity index (χ1v) is 7.45. The fraction of sp³-hybridized carbons (Fsp3) is 0.500. The quantitative estimate of drug-likeness (QED) is 0.881. The second kappa shape index (κ2) is 6.73. The molecule has 5 heteroatoms. The van der Waals surface area contributed by atoms with Gasteiger partial charge in [-0.3, -0.25) is 0 Å². The van der Waals surface area contributed by atoms with E-state index < -0.39 is 0 Å². The summed E-state index contributed by atoms with van der Waals surface area (Å²) in [5, 5.41) is 12.6. The molecule has 4 nitrogen and oxygen atoms in total. The minimum absolute atomic E-state index is 0.264. The number of nitrogens with one attached hydrogen (secondary N) is 1. The van der Waals surface area contributed by atoms with E-state index >= 15 is 0 Å². The third-order valence-corrected chi connectivity index (χ3v) is 4.20. The molecule has 102 valence electrons. The van der Waals surface area contributed by atoms with Gasteiger partial charge in [0.2, 0.25) is 0 Å². The van der Waals surface area contributed by atoms with Gasteiger partial charge in [0, 0.05) is 23.5 Å². The second-order valence-electron chi connectivity index (χ2n) is 4.64. The molecule has 1 atom stereocenters. The summed E-state index contributed by atoms with van der Waals surface area (Å²) in [5.74, 6) is 0. The average Bonchev–Trinajstić information content (AvgIpc) is 2.74. The molecule has 2 heterocycles. The Labute approximate surface area is 118 Å². The number of rotatable bonds is 6. The maximum absolute atomic E-state index is 4.63. The summed E-state index contributed by atoms with van der Waals surface area (Å²) >= 11 is 1.78. The topological polar surface area (TPSA) is 50.7 Å². The SMILES string of the molecule is CCCNC(Cc1nc(C)c(C)s1)c1ccnnc1. The van der Waals surface area contributed by atoms with Crippen molar-refractivity contribution in [1.82, 2.24) is 20.5 Å². The van der Waals surface area contributed by atoms with Gasteiger partial charge in [-0.1, -0.05) is 6.92 Å². The van der Waals surface area contributed by atoms with Crippen LogP contribution in [0.2, 0.25) is 0 Å². The first kappa shape index (κ1) is 14.1. The Morgan fingerprint density at radius 3 is 2.74 bits per heavy atom. The fourth-order valence-corrected chi connectivity index (χ4v) is 2.91. The highest BCUT2D eigenvalue weighted by Gasteiger charge is 2.14.